The number of nitrogens with one attached hydrogen (secondary N) is 3. The van der Waals surface area contributed by atoms with Gasteiger partial charge in [0.2, 0.25) is 5.95 Å². The zero-order chi connectivity index (χ0) is 28.7. The number of aromatic amines is 1. The van der Waals surface area contributed by atoms with E-state index in [0.29, 0.717) is 17.1 Å². The highest BCUT2D eigenvalue weighted by Gasteiger charge is 2.37. The Morgan fingerprint density at radius 3 is 2.68 bits per heavy atom. The van der Waals surface area contributed by atoms with Crippen molar-refractivity contribution in [1.82, 2.24) is 39.8 Å². The van der Waals surface area contributed by atoms with E-state index in [4.69, 9.17) is 0 Å². The maximum Gasteiger partial charge on any atom is 0.408 e. The predicted molar refractivity (Wildman–Crippen MR) is 148 cm³/mol. The minimum Gasteiger partial charge on any atom is -0.354 e. The lowest BCUT2D eigenvalue weighted by Gasteiger charge is -2.33. The summed E-state index contributed by atoms with van der Waals surface area (Å²) >= 11 is 0. The number of pyridine rings is 2. The molecule has 1 amide bonds. The van der Waals surface area contributed by atoms with E-state index >= 15 is 0 Å². The van der Waals surface area contributed by atoms with E-state index in [-0.39, 0.29) is 5.56 Å². The number of hydrogen-bond acceptors (Lipinski definition) is 8. The monoisotopic (exact) mass is 564 g/mol. The van der Waals surface area contributed by atoms with E-state index in [1.54, 1.807) is 36.9 Å². The van der Waals surface area contributed by atoms with Crippen LogP contribution < -0.4 is 15.5 Å². The van der Waals surface area contributed by atoms with Crippen LogP contribution in [-0.4, -0.2) is 85.8 Å². The van der Waals surface area contributed by atoms with Crippen molar-refractivity contribution in [2.24, 2.45) is 0 Å². The molecule has 0 spiro atoms. The van der Waals surface area contributed by atoms with Crippen LogP contribution in [0, 0.1) is 0 Å². The van der Waals surface area contributed by atoms with Crippen molar-refractivity contribution >= 4 is 39.9 Å². The summed E-state index contributed by atoms with van der Waals surface area (Å²) in [4.78, 5) is 33.9. The first-order valence-electron chi connectivity index (χ1n) is 13.0. The molecular formula is C27H27F3N10O. The van der Waals surface area contributed by atoms with Gasteiger partial charge < -0.3 is 25.4 Å². The van der Waals surface area contributed by atoms with Crippen molar-refractivity contribution in [3.8, 4) is 11.1 Å². The quantitative estimate of drug-likeness (QED) is 0.285. The summed E-state index contributed by atoms with van der Waals surface area (Å²) in [5.74, 6) is 0.444. The van der Waals surface area contributed by atoms with Crippen LogP contribution in [-0.2, 0) is 0 Å². The molecule has 1 saturated heterocycles. The number of H-pyrrole nitrogens is 1. The molecule has 5 aromatic rings. The highest BCUT2D eigenvalue weighted by molar-refractivity contribution is 6.02. The summed E-state index contributed by atoms with van der Waals surface area (Å²) < 4.78 is 40.3. The Morgan fingerprint density at radius 1 is 1.10 bits per heavy atom. The SMILES string of the molecule is CC(NC(=O)c1cnn2ccc(-c3c[nH]c4nc(Nc5ccnc(N6CCN(C)CC6)c5)ncc34)cc12)C(F)(F)F. The number of piperazine rings is 1. The molecule has 212 valence electrons. The van der Waals surface area contributed by atoms with Gasteiger partial charge in [-0.2, -0.15) is 23.3 Å². The molecule has 5 aromatic heterocycles. The van der Waals surface area contributed by atoms with Crippen LogP contribution >= 0.6 is 0 Å². The molecule has 3 N–H and O–H groups in total. The maximum atomic E-state index is 13.0. The number of anilines is 3. The van der Waals surface area contributed by atoms with Crippen molar-refractivity contribution in [1.29, 1.82) is 0 Å². The van der Waals surface area contributed by atoms with Gasteiger partial charge in [0.25, 0.3) is 5.91 Å². The second-order valence-electron chi connectivity index (χ2n) is 10.0. The normalized spacial score (nSPS) is 15.4. The van der Waals surface area contributed by atoms with Crippen molar-refractivity contribution < 1.29 is 18.0 Å². The Hall–Kier alpha value is -4.72. The molecule has 14 heteroatoms. The van der Waals surface area contributed by atoms with Gasteiger partial charge >= 0.3 is 6.18 Å². The van der Waals surface area contributed by atoms with Gasteiger partial charge in [-0.05, 0) is 37.7 Å². The number of nitrogens with zero attached hydrogens (tertiary/aromatic N) is 7. The minimum absolute atomic E-state index is 0.0406. The molecule has 0 saturated carbocycles. The summed E-state index contributed by atoms with van der Waals surface area (Å²) in [7, 11) is 2.11. The van der Waals surface area contributed by atoms with E-state index in [9.17, 15) is 18.0 Å². The van der Waals surface area contributed by atoms with Crippen LogP contribution in [0.4, 0.5) is 30.6 Å². The molecule has 0 aliphatic carbocycles. The summed E-state index contributed by atoms with van der Waals surface area (Å²) in [6, 6.07) is 5.34. The molecule has 6 heterocycles. The maximum absolute atomic E-state index is 13.0. The van der Waals surface area contributed by atoms with Gasteiger partial charge in [-0.15, -0.1) is 0 Å². The Balaban J connectivity index is 1.23. The van der Waals surface area contributed by atoms with E-state index in [1.165, 1.54) is 10.7 Å². The molecule has 0 aromatic carbocycles. The molecule has 41 heavy (non-hydrogen) atoms. The van der Waals surface area contributed by atoms with Crippen molar-refractivity contribution in [3.05, 3.63) is 60.8 Å². The third kappa shape index (κ3) is 5.37. The first kappa shape index (κ1) is 26.5. The fourth-order valence-corrected chi connectivity index (χ4v) is 4.72. The smallest absolute Gasteiger partial charge is 0.354 e. The Labute approximate surface area is 232 Å². The second kappa shape index (κ2) is 10.4. The number of aromatic nitrogens is 6. The second-order valence-corrected chi connectivity index (χ2v) is 10.0. The Kier molecular flexibility index (Phi) is 6.69. The van der Waals surface area contributed by atoms with Crippen LogP contribution in [0.5, 0.6) is 0 Å². The molecule has 11 nitrogen and oxygen atoms in total. The van der Waals surface area contributed by atoms with E-state index in [1.807, 2.05) is 17.4 Å². The molecule has 1 atom stereocenters. The van der Waals surface area contributed by atoms with Crippen molar-refractivity contribution in [3.63, 3.8) is 0 Å². The summed E-state index contributed by atoms with van der Waals surface area (Å²) in [6.45, 7) is 4.67. The van der Waals surface area contributed by atoms with Gasteiger partial charge in [-0.3, -0.25) is 4.79 Å². The molecule has 0 radical (unpaired) electrons. The molecule has 1 unspecified atom stereocenters. The standard InChI is InChI=1S/C27H27F3N10O/c1-16(27(28,29)30)35-25(41)21-15-34-40-6-4-17(11-22(21)40)19-13-32-24-20(19)14-33-26(37-24)36-18-3-5-31-23(12-18)39-9-7-38(2)8-10-39/h3-6,11-16H,7-10H2,1-2H3,(H,35,41)(H2,31,32,33,36,37). The van der Waals surface area contributed by atoms with Crippen molar-refractivity contribution in [2.45, 2.75) is 19.1 Å². The highest BCUT2D eigenvalue weighted by Crippen LogP contribution is 2.30. The fourth-order valence-electron chi connectivity index (χ4n) is 4.72. The van der Waals surface area contributed by atoms with E-state index in [2.05, 4.69) is 47.2 Å². The minimum atomic E-state index is -4.55. The number of carbonyl (C=O) groups is 1. The lowest BCUT2D eigenvalue weighted by molar-refractivity contribution is -0.149. The van der Waals surface area contributed by atoms with Crippen molar-refractivity contribution in [2.75, 3.05) is 43.4 Å². The number of rotatable bonds is 6. The lowest BCUT2D eigenvalue weighted by Crippen LogP contribution is -2.44. The number of halogens is 3. The summed E-state index contributed by atoms with van der Waals surface area (Å²) in [5.41, 5.74) is 3.31. The third-order valence-corrected chi connectivity index (χ3v) is 7.18. The van der Waals surface area contributed by atoms with E-state index < -0.39 is 18.1 Å². The predicted octanol–water partition coefficient (Wildman–Crippen LogP) is 3.84. The van der Waals surface area contributed by atoms with Gasteiger partial charge in [0.1, 0.15) is 17.5 Å². The summed E-state index contributed by atoms with van der Waals surface area (Å²) in [6.07, 6.45) is 3.57. The number of hydrogen-bond donors (Lipinski definition) is 3. The highest BCUT2D eigenvalue weighted by atomic mass is 19.4. The molecule has 1 aliphatic heterocycles. The first-order valence-corrected chi connectivity index (χ1v) is 13.0. The molecular weight excluding hydrogens is 537 g/mol. The van der Waals surface area contributed by atoms with Crippen LogP contribution in [0.15, 0.2) is 55.2 Å². The van der Waals surface area contributed by atoms with Gasteiger partial charge in [0, 0.05) is 73.7 Å². The molecule has 1 aliphatic rings. The van der Waals surface area contributed by atoms with Crippen LogP contribution in [0.2, 0.25) is 0 Å². The lowest BCUT2D eigenvalue weighted by atomic mass is 10.1. The number of fused-ring (bicyclic) bond motifs is 2. The zero-order valence-electron chi connectivity index (χ0n) is 22.3. The Morgan fingerprint density at radius 2 is 1.90 bits per heavy atom. The molecule has 6 rings (SSSR count). The van der Waals surface area contributed by atoms with Crippen LogP contribution in [0.3, 0.4) is 0 Å². The fraction of sp³-hybridized carbons (Fsp3) is 0.296. The van der Waals surface area contributed by atoms with Crippen LogP contribution in [0.1, 0.15) is 17.3 Å². The average molecular weight is 565 g/mol. The first-order chi connectivity index (χ1) is 19.7. The molecule has 1 fully saturated rings. The van der Waals surface area contributed by atoms with Gasteiger partial charge in [0.15, 0.2) is 0 Å². The number of carbonyl (C=O) groups excluding carboxylic acids is 1. The van der Waals surface area contributed by atoms with Crippen LogP contribution in [0.25, 0.3) is 27.7 Å². The summed E-state index contributed by atoms with van der Waals surface area (Å²) in [5, 5.41) is 10.1. The largest absolute Gasteiger partial charge is 0.408 e. The van der Waals surface area contributed by atoms with Gasteiger partial charge in [-0.1, -0.05) is 0 Å². The van der Waals surface area contributed by atoms with E-state index in [0.717, 1.165) is 61.1 Å². The Bertz CT molecular complexity index is 1720. The topological polar surface area (TPSA) is 119 Å². The average Bonchev–Trinajstić information content (AvgIpc) is 3.57. The number of likely N-dealkylation sites (N-methyl/N-ethyl adjacent to an activating group) is 1. The zero-order valence-corrected chi connectivity index (χ0v) is 22.3. The van der Waals surface area contributed by atoms with Gasteiger partial charge in [-0.25, -0.2) is 14.5 Å². The third-order valence-electron chi connectivity index (χ3n) is 7.18. The van der Waals surface area contributed by atoms with Gasteiger partial charge in [0.05, 0.1) is 17.3 Å². The number of alkyl halides is 3. The molecule has 0 bridgehead atoms. The number of amides is 1.